The van der Waals surface area contributed by atoms with Gasteiger partial charge in [-0.15, -0.1) is 0 Å². The molecule has 4 rings (SSSR count). The third-order valence-electron chi connectivity index (χ3n) is 6.42. The van der Waals surface area contributed by atoms with Crippen molar-refractivity contribution in [1.29, 1.82) is 5.26 Å². The number of alkyl carbamates (subject to hydrolysis) is 1. The number of benzene rings is 1. The average molecular weight is 530 g/mol. The molecule has 196 valence electrons. The summed E-state index contributed by atoms with van der Waals surface area (Å²) in [5.41, 5.74) is 2.80. The molecule has 2 unspecified atom stereocenters. The van der Waals surface area contributed by atoms with Crippen LogP contribution in [0.25, 0.3) is 11.3 Å². The first-order valence-corrected chi connectivity index (χ1v) is 12.4. The third-order valence-corrected chi connectivity index (χ3v) is 6.79. The van der Waals surface area contributed by atoms with E-state index in [4.69, 9.17) is 26.3 Å². The summed E-state index contributed by atoms with van der Waals surface area (Å²) in [5, 5.41) is 14.0. The number of pyridine rings is 1. The molecule has 37 heavy (non-hydrogen) atoms. The first-order chi connectivity index (χ1) is 17.5. The Bertz CT molecular complexity index is 1240. The number of nitrogens with zero attached hydrogens (tertiary/aromatic N) is 3. The number of aromatic nitrogens is 1. The quantitative estimate of drug-likeness (QED) is 0.582. The van der Waals surface area contributed by atoms with Crippen molar-refractivity contribution in [2.75, 3.05) is 7.11 Å². The Morgan fingerprint density at radius 1 is 1.22 bits per heavy atom. The van der Waals surface area contributed by atoms with Crippen LogP contribution in [0.3, 0.4) is 0 Å². The van der Waals surface area contributed by atoms with Crippen LogP contribution < -0.4 is 15.5 Å². The van der Waals surface area contributed by atoms with E-state index in [0.29, 0.717) is 18.4 Å². The first-order valence-electron chi connectivity index (χ1n) is 12.0. The van der Waals surface area contributed by atoms with Crippen LogP contribution >= 0.6 is 11.6 Å². The van der Waals surface area contributed by atoms with Gasteiger partial charge < -0.3 is 14.8 Å². The Kier molecular flexibility index (Phi) is 7.57. The van der Waals surface area contributed by atoms with Gasteiger partial charge in [0.2, 0.25) is 0 Å². The highest BCUT2D eigenvalue weighted by Crippen LogP contribution is 2.37. The van der Waals surface area contributed by atoms with Gasteiger partial charge in [0.15, 0.2) is 0 Å². The number of nitrogens with one attached hydrogen (secondary N) is 2. The van der Waals surface area contributed by atoms with Crippen LogP contribution in [0.4, 0.5) is 9.18 Å². The predicted octanol–water partition coefficient (Wildman–Crippen LogP) is 4.59. The lowest BCUT2D eigenvalue weighted by molar-refractivity contribution is 0.0325. The van der Waals surface area contributed by atoms with Crippen molar-refractivity contribution >= 4 is 23.6 Å². The molecule has 3 heterocycles. The minimum absolute atomic E-state index is 0.0453. The Morgan fingerprint density at radius 2 is 1.89 bits per heavy atom. The number of methoxy groups -OCH3 is 1. The molecule has 1 aromatic carbocycles. The number of amides is 2. The van der Waals surface area contributed by atoms with Gasteiger partial charge in [-0.2, -0.15) is 5.26 Å². The van der Waals surface area contributed by atoms with E-state index in [0.717, 1.165) is 18.9 Å². The summed E-state index contributed by atoms with van der Waals surface area (Å²) in [5.74, 6) is -0.961. The molecule has 0 aliphatic carbocycles. The fourth-order valence-electron chi connectivity index (χ4n) is 4.84. The van der Waals surface area contributed by atoms with Crippen LogP contribution in [0, 0.1) is 17.1 Å². The number of ether oxygens (including phenoxy) is 2. The molecular formula is C26H29ClFN5O4. The molecule has 9 nitrogen and oxygen atoms in total. The molecule has 2 atom stereocenters. The summed E-state index contributed by atoms with van der Waals surface area (Å²) in [6.45, 7) is 5.45. The molecule has 0 spiro atoms. The Hall–Kier alpha value is -3.42. The molecule has 2 N–H and O–H groups in total. The zero-order valence-electron chi connectivity index (χ0n) is 21.1. The summed E-state index contributed by atoms with van der Waals surface area (Å²) in [4.78, 5) is 29.9. The lowest BCUT2D eigenvalue weighted by Gasteiger charge is -2.39. The minimum Gasteiger partial charge on any atom is -0.495 e. The van der Waals surface area contributed by atoms with E-state index in [1.54, 1.807) is 6.07 Å². The van der Waals surface area contributed by atoms with Crippen molar-refractivity contribution in [3.05, 3.63) is 46.4 Å². The molecule has 11 heteroatoms. The summed E-state index contributed by atoms with van der Waals surface area (Å²) in [7, 11) is 1.41. The smallest absolute Gasteiger partial charge is 0.407 e. The molecule has 2 aliphatic rings. The molecule has 2 aliphatic heterocycles. The molecule has 0 saturated carbocycles. The van der Waals surface area contributed by atoms with Gasteiger partial charge in [-0.3, -0.25) is 10.2 Å². The van der Waals surface area contributed by atoms with Gasteiger partial charge in [0.05, 0.1) is 18.4 Å². The van der Waals surface area contributed by atoms with Crippen molar-refractivity contribution in [3.8, 4) is 23.1 Å². The standard InChI is InChI=1S/C26H29ClFN5O4/c1-26(2,3)37-25(35)30-16-10-17-7-8-18(11-16)33(17)32-24(34)20-12-21(36-4)22(27)23(31-20)14-5-6-15(13-29)19(28)9-14/h5-6,9,12,16-18H,7-8,10-11H2,1-4H3,(H,30,35)(H,32,34). The lowest BCUT2D eigenvalue weighted by Crippen LogP contribution is -2.57. The zero-order valence-corrected chi connectivity index (χ0v) is 21.9. The summed E-state index contributed by atoms with van der Waals surface area (Å²) in [6, 6.07) is 7.23. The average Bonchev–Trinajstić information content (AvgIpc) is 3.05. The third kappa shape index (κ3) is 5.95. The lowest BCUT2D eigenvalue weighted by atomic mass is 9.99. The second-order valence-corrected chi connectivity index (χ2v) is 10.6. The number of piperidine rings is 1. The predicted molar refractivity (Wildman–Crippen MR) is 134 cm³/mol. The van der Waals surface area contributed by atoms with Crippen molar-refractivity contribution in [3.63, 3.8) is 0 Å². The van der Waals surface area contributed by atoms with Crippen LogP contribution in [-0.2, 0) is 4.74 Å². The fraction of sp³-hybridized carbons (Fsp3) is 0.462. The molecule has 0 radical (unpaired) electrons. The first kappa shape index (κ1) is 26.6. The van der Waals surface area contributed by atoms with Crippen LogP contribution in [0.2, 0.25) is 5.02 Å². The molecule has 2 bridgehead atoms. The van der Waals surface area contributed by atoms with Gasteiger partial charge >= 0.3 is 6.09 Å². The van der Waals surface area contributed by atoms with Gasteiger partial charge in [-0.25, -0.2) is 19.2 Å². The van der Waals surface area contributed by atoms with E-state index in [2.05, 4.69) is 15.7 Å². The number of hydrogen-bond acceptors (Lipinski definition) is 7. The number of carbonyl (C=O) groups is 2. The summed E-state index contributed by atoms with van der Waals surface area (Å²) in [6.07, 6.45) is 2.65. The SMILES string of the molecule is COc1cc(C(=O)NN2C3CCC2CC(NC(=O)OC(C)(C)C)C3)nc(-c2ccc(C#N)c(F)c2)c1Cl. The van der Waals surface area contributed by atoms with Gasteiger partial charge in [0.25, 0.3) is 5.91 Å². The molecule has 2 saturated heterocycles. The Balaban J connectivity index is 1.50. The van der Waals surface area contributed by atoms with E-state index in [-0.39, 0.29) is 45.8 Å². The van der Waals surface area contributed by atoms with E-state index in [9.17, 15) is 14.0 Å². The number of rotatable bonds is 5. The molecule has 1 aromatic heterocycles. The minimum atomic E-state index is -0.717. The van der Waals surface area contributed by atoms with Crippen LogP contribution in [0.15, 0.2) is 24.3 Å². The Morgan fingerprint density at radius 3 is 2.46 bits per heavy atom. The maximum Gasteiger partial charge on any atom is 0.407 e. The van der Waals surface area contributed by atoms with Crippen LogP contribution in [-0.4, -0.2) is 52.8 Å². The normalized spacial score (nSPS) is 21.2. The number of fused-ring (bicyclic) bond motifs is 2. The second kappa shape index (κ2) is 10.5. The van der Waals surface area contributed by atoms with Crippen molar-refractivity contribution in [2.45, 2.75) is 70.2 Å². The number of halogens is 2. The number of nitriles is 1. The van der Waals surface area contributed by atoms with Crippen molar-refractivity contribution in [1.82, 2.24) is 20.7 Å². The van der Waals surface area contributed by atoms with E-state index in [1.165, 1.54) is 25.3 Å². The highest BCUT2D eigenvalue weighted by molar-refractivity contribution is 6.34. The van der Waals surface area contributed by atoms with E-state index < -0.39 is 23.4 Å². The Labute approximate surface area is 219 Å². The number of carbonyl (C=O) groups excluding carboxylic acids is 2. The maximum atomic E-state index is 14.3. The van der Waals surface area contributed by atoms with Crippen LogP contribution in [0.5, 0.6) is 5.75 Å². The van der Waals surface area contributed by atoms with Crippen molar-refractivity contribution in [2.24, 2.45) is 0 Å². The largest absolute Gasteiger partial charge is 0.495 e. The molecule has 2 aromatic rings. The van der Waals surface area contributed by atoms with Gasteiger partial charge in [-0.1, -0.05) is 17.7 Å². The number of hydrogen-bond donors (Lipinski definition) is 2. The van der Waals surface area contributed by atoms with Crippen molar-refractivity contribution < 1.29 is 23.5 Å². The summed E-state index contributed by atoms with van der Waals surface area (Å²) < 4.78 is 25.0. The van der Waals surface area contributed by atoms with Gasteiger partial charge in [0.1, 0.15) is 34.0 Å². The fourth-order valence-corrected chi connectivity index (χ4v) is 5.12. The topological polar surface area (TPSA) is 117 Å². The maximum absolute atomic E-state index is 14.3. The van der Waals surface area contributed by atoms with Gasteiger partial charge in [0, 0.05) is 29.8 Å². The zero-order chi connectivity index (χ0) is 26.9. The molecule has 2 amide bonds. The van der Waals surface area contributed by atoms with E-state index >= 15 is 0 Å². The highest BCUT2D eigenvalue weighted by atomic mass is 35.5. The molecular weight excluding hydrogens is 501 g/mol. The highest BCUT2D eigenvalue weighted by Gasteiger charge is 2.42. The van der Waals surface area contributed by atoms with Crippen LogP contribution in [0.1, 0.15) is 62.5 Å². The second-order valence-electron chi connectivity index (χ2n) is 10.2. The molecule has 2 fully saturated rings. The number of hydrazine groups is 1. The van der Waals surface area contributed by atoms with Gasteiger partial charge in [-0.05, 0) is 58.6 Å². The monoisotopic (exact) mass is 529 g/mol. The van der Waals surface area contributed by atoms with E-state index in [1.807, 2.05) is 25.8 Å². The summed E-state index contributed by atoms with van der Waals surface area (Å²) >= 11 is 6.43.